The fraction of sp³-hybridized carbons (Fsp3) is 0.837. The number of allylic oxidation sites excluding steroid dienone is 1. The molecule has 0 aromatic rings. The molecule has 0 aromatic carbocycles. The minimum Gasteiger partial charge on any atom is -0.466 e. The van der Waals surface area contributed by atoms with Crippen LogP contribution in [0.4, 0.5) is 0 Å². The number of ether oxygens (including phenoxy) is 3. The first-order valence-corrected chi connectivity index (χ1v) is 20.4. The monoisotopic (exact) mass is 686 g/mol. The number of carbonyl (C=O) groups is 2. The van der Waals surface area contributed by atoms with E-state index < -0.39 is 0 Å². The molecule has 0 N–H and O–H groups in total. The smallest absolute Gasteiger partial charge is 0.305 e. The molecular weight excluding hydrogens is 610 g/mol. The lowest BCUT2D eigenvalue weighted by Crippen LogP contribution is -2.19. The number of cyclic esters (lactones) is 2. The number of nitrogens with zero attached hydrogens (tertiary/aromatic N) is 1. The van der Waals surface area contributed by atoms with E-state index in [9.17, 15) is 9.59 Å². The van der Waals surface area contributed by atoms with Crippen LogP contribution in [0.1, 0.15) is 174 Å². The number of esters is 2. The molecular formula is C43H75NO5. The second-order valence-corrected chi connectivity index (χ2v) is 14.5. The van der Waals surface area contributed by atoms with E-state index in [4.69, 9.17) is 14.2 Å². The predicted molar refractivity (Wildman–Crippen MR) is 204 cm³/mol. The van der Waals surface area contributed by atoms with Gasteiger partial charge < -0.3 is 19.1 Å². The van der Waals surface area contributed by atoms with Gasteiger partial charge in [-0.05, 0) is 108 Å². The summed E-state index contributed by atoms with van der Waals surface area (Å²) in [6.07, 6.45) is 26.1. The van der Waals surface area contributed by atoms with Crippen molar-refractivity contribution in [2.45, 2.75) is 180 Å². The minimum absolute atomic E-state index is 0.0848. The quantitative estimate of drug-likeness (QED) is 0.109. The number of hydrogen-bond acceptors (Lipinski definition) is 6. The number of rotatable bonds is 13. The van der Waals surface area contributed by atoms with Crippen LogP contribution in [-0.4, -0.2) is 63.4 Å². The van der Waals surface area contributed by atoms with E-state index in [1.165, 1.54) is 44.1 Å². The summed E-state index contributed by atoms with van der Waals surface area (Å²) in [6, 6.07) is 0. The molecule has 6 heteroatoms. The zero-order chi connectivity index (χ0) is 35.8. The molecule has 2 unspecified atom stereocenters. The van der Waals surface area contributed by atoms with Gasteiger partial charge in [0.2, 0.25) is 0 Å². The first kappa shape index (κ1) is 45.0. The molecule has 1 heterocycles. The van der Waals surface area contributed by atoms with Crippen LogP contribution in [0.25, 0.3) is 0 Å². The third-order valence-corrected chi connectivity index (χ3v) is 9.86. The molecule has 1 fully saturated rings. The SMILES string of the molecule is C=C=C=C=C1C(CCCCC)CCOC(=O)CCCCCCCC(OCCCN(C)C)CCCCCCCC(=O)OCCC1CCCCC. The van der Waals surface area contributed by atoms with E-state index in [0.29, 0.717) is 32.2 Å². The van der Waals surface area contributed by atoms with Crippen LogP contribution in [0.3, 0.4) is 0 Å². The Hall–Kier alpha value is -2.06. The largest absolute Gasteiger partial charge is 0.466 e. The van der Waals surface area contributed by atoms with Gasteiger partial charge in [0.05, 0.1) is 19.3 Å². The Bertz CT molecular complexity index is 905. The van der Waals surface area contributed by atoms with Crippen LogP contribution >= 0.6 is 0 Å². The molecule has 1 rings (SSSR count). The maximum atomic E-state index is 12.7. The van der Waals surface area contributed by atoms with Crippen LogP contribution < -0.4 is 0 Å². The van der Waals surface area contributed by atoms with Crippen molar-refractivity contribution in [1.82, 2.24) is 4.90 Å². The molecule has 6 nitrogen and oxygen atoms in total. The second kappa shape index (κ2) is 31.9. The standard InChI is InChI=1S/C43H75NO5/c1-6-9-18-25-38-32-36-48-42(45)30-22-16-12-14-20-27-40(47-35-24-34-44(4)5)28-21-15-13-17-23-31-43(46)49-37-33-39(26-19-10-7-2)41(38)29-11-8-3/h38-40H,3,6-7,9-10,12-28,30-37H2,1-2,4-5H3. The van der Waals surface area contributed by atoms with Gasteiger partial charge in [0.25, 0.3) is 0 Å². The Kier molecular flexibility index (Phi) is 29.3. The highest BCUT2D eigenvalue weighted by Crippen LogP contribution is 2.33. The van der Waals surface area contributed by atoms with Crippen molar-refractivity contribution in [2.75, 3.05) is 40.5 Å². The summed E-state index contributed by atoms with van der Waals surface area (Å²) >= 11 is 0. The molecule has 1 aliphatic heterocycles. The zero-order valence-corrected chi connectivity index (χ0v) is 32.4. The summed E-state index contributed by atoms with van der Waals surface area (Å²) in [5.41, 5.74) is 10.5. The minimum atomic E-state index is -0.0848. The molecule has 0 amide bonds. The Morgan fingerprint density at radius 2 is 1.18 bits per heavy atom. The fourth-order valence-electron chi connectivity index (χ4n) is 6.91. The Balaban J connectivity index is 2.94. The van der Waals surface area contributed by atoms with E-state index in [2.05, 4.69) is 56.6 Å². The first-order chi connectivity index (χ1) is 23.9. The molecule has 49 heavy (non-hydrogen) atoms. The van der Waals surface area contributed by atoms with Gasteiger partial charge in [0, 0.05) is 19.4 Å². The summed E-state index contributed by atoms with van der Waals surface area (Å²) in [4.78, 5) is 27.6. The van der Waals surface area contributed by atoms with Crippen molar-refractivity contribution in [1.29, 1.82) is 0 Å². The zero-order valence-electron chi connectivity index (χ0n) is 32.4. The number of hydrogen-bond donors (Lipinski definition) is 0. The van der Waals surface area contributed by atoms with Crippen molar-refractivity contribution >= 4 is 11.9 Å². The third-order valence-electron chi connectivity index (χ3n) is 9.86. The summed E-state index contributed by atoms with van der Waals surface area (Å²) in [6.45, 7) is 10.9. The van der Waals surface area contributed by atoms with Crippen molar-refractivity contribution in [3.63, 3.8) is 0 Å². The summed E-state index contributed by atoms with van der Waals surface area (Å²) in [5, 5.41) is 0. The molecule has 1 saturated heterocycles. The van der Waals surface area contributed by atoms with Gasteiger partial charge >= 0.3 is 11.9 Å². The predicted octanol–water partition coefficient (Wildman–Crippen LogP) is 11.1. The average Bonchev–Trinajstić information content (AvgIpc) is 3.08. The van der Waals surface area contributed by atoms with Gasteiger partial charge in [-0.3, -0.25) is 9.59 Å². The molecule has 0 aliphatic carbocycles. The van der Waals surface area contributed by atoms with E-state index >= 15 is 0 Å². The van der Waals surface area contributed by atoms with E-state index in [1.54, 1.807) is 0 Å². The van der Waals surface area contributed by atoms with Gasteiger partial charge in [-0.25, -0.2) is 0 Å². The Labute approximate surface area is 302 Å². The topological polar surface area (TPSA) is 65.1 Å². The Morgan fingerprint density at radius 3 is 1.65 bits per heavy atom. The molecule has 0 saturated carbocycles. The molecule has 0 radical (unpaired) electrons. The molecule has 0 bridgehead atoms. The fourth-order valence-corrected chi connectivity index (χ4v) is 6.91. The lowest BCUT2D eigenvalue weighted by molar-refractivity contribution is -0.144. The number of carbonyl (C=O) groups excluding carboxylic acids is 2. The highest BCUT2D eigenvalue weighted by molar-refractivity contribution is 5.69. The molecule has 1 aliphatic rings. The molecule has 0 spiro atoms. The van der Waals surface area contributed by atoms with Crippen molar-refractivity contribution < 1.29 is 23.8 Å². The highest BCUT2D eigenvalue weighted by atomic mass is 16.5. The lowest BCUT2D eigenvalue weighted by atomic mass is 9.79. The normalized spacial score (nSPS) is 22.4. The van der Waals surface area contributed by atoms with Crippen molar-refractivity contribution in [2.24, 2.45) is 11.8 Å². The summed E-state index contributed by atoms with van der Waals surface area (Å²) < 4.78 is 17.9. The van der Waals surface area contributed by atoms with E-state index in [-0.39, 0.29) is 23.8 Å². The van der Waals surface area contributed by atoms with Gasteiger partial charge in [-0.2, -0.15) is 0 Å². The van der Waals surface area contributed by atoms with Gasteiger partial charge in [-0.1, -0.05) is 115 Å². The highest BCUT2D eigenvalue weighted by Gasteiger charge is 2.24. The average molecular weight is 686 g/mol. The van der Waals surface area contributed by atoms with Crippen molar-refractivity contribution in [3.8, 4) is 0 Å². The third kappa shape index (κ3) is 25.5. The van der Waals surface area contributed by atoms with Crippen LogP contribution in [0.15, 0.2) is 29.3 Å². The van der Waals surface area contributed by atoms with Crippen LogP contribution in [0.2, 0.25) is 0 Å². The maximum absolute atomic E-state index is 12.7. The summed E-state index contributed by atoms with van der Waals surface area (Å²) in [5.74, 6) is 0.306. The van der Waals surface area contributed by atoms with Crippen LogP contribution in [0, 0.1) is 11.8 Å². The molecule has 0 aromatic heterocycles. The molecule has 2 atom stereocenters. The van der Waals surface area contributed by atoms with Crippen LogP contribution in [0.5, 0.6) is 0 Å². The van der Waals surface area contributed by atoms with Crippen LogP contribution in [-0.2, 0) is 23.8 Å². The maximum Gasteiger partial charge on any atom is 0.305 e. The van der Waals surface area contributed by atoms with E-state index in [0.717, 1.165) is 122 Å². The van der Waals surface area contributed by atoms with Crippen molar-refractivity contribution in [3.05, 3.63) is 29.3 Å². The van der Waals surface area contributed by atoms with E-state index in [1.807, 2.05) is 0 Å². The molecule has 282 valence electrons. The van der Waals surface area contributed by atoms with Gasteiger partial charge in [0.15, 0.2) is 0 Å². The summed E-state index contributed by atoms with van der Waals surface area (Å²) in [7, 11) is 4.22. The lowest BCUT2D eigenvalue weighted by Gasteiger charge is -2.26. The van der Waals surface area contributed by atoms with Gasteiger partial charge in [-0.15, -0.1) is 0 Å². The first-order valence-electron chi connectivity index (χ1n) is 20.4. The Morgan fingerprint density at radius 1 is 0.694 bits per heavy atom. The second-order valence-electron chi connectivity index (χ2n) is 14.5. The number of unbranched alkanes of at least 4 members (excludes halogenated alkanes) is 4. The van der Waals surface area contributed by atoms with Gasteiger partial charge in [0.1, 0.15) is 0 Å².